The van der Waals surface area contributed by atoms with Crippen molar-refractivity contribution < 1.29 is 18.7 Å². The van der Waals surface area contributed by atoms with E-state index < -0.39 is 5.63 Å². The van der Waals surface area contributed by atoms with Gasteiger partial charge in [-0.25, -0.2) is 4.79 Å². The van der Waals surface area contributed by atoms with Crippen LogP contribution in [-0.4, -0.2) is 56.8 Å². The summed E-state index contributed by atoms with van der Waals surface area (Å²) >= 11 is 0. The maximum Gasteiger partial charge on any atom is 0.337 e. The van der Waals surface area contributed by atoms with E-state index in [1.165, 1.54) is 6.07 Å². The molecule has 7 heteroatoms. The molecule has 0 bridgehead atoms. The van der Waals surface area contributed by atoms with E-state index in [0.29, 0.717) is 35.4 Å². The van der Waals surface area contributed by atoms with Gasteiger partial charge in [0.1, 0.15) is 11.3 Å². The van der Waals surface area contributed by atoms with Gasteiger partial charge in [0.25, 0.3) is 5.91 Å². The Balaban J connectivity index is 1.72. The highest BCUT2D eigenvalue weighted by molar-refractivity contribution is 6.05. The average Bonchev–Trinajstić information content (AvgIpc) is 2.62. The number of carbonyl (C=O) groups excluding carboxylic acids is 1. The summed E-state index contributed by atoms with van der Waals surface area (Å²) in [6.45, 7) is 6.83. The molecule has 25 heavy (non-hydrogen) atoms. The minimum atomic E-state index is -0.556. The van der Waals surface area contributed by atoms with Gasteiger partial charge in [-0.1, -0.05) is 0 Å². The van der Waals surface area contributed by atoms with Crippen molar-refractivity contribution in [3.8, 4) is 5.75 Å². The Hall–Kier alpha value is -2.38. The molecule has 0 spiro atoms. The molecule has 0 saturated carbocycles. The Labute approximate surface area is 145 Å². The van der Waals surface area contributed by atoms with Crippen LogP contribution in [0.2, 0.25) is 0 Å². The highest BCUT2D eigenvalue weighted by Crippen LogP contribution is 2.22. The van der Waals surface area contributed by atoms with Gasteiger partial charge >= 0.3 is 5.63 Å². The molecule has 1 saturated heterocycles. The molecule has 1 aromatic carbocycles. The van der Waals surface area contributed by atoms with E-state index in [4.69, 9.17) is 13.9 Å². The fourth-order valence-electron chi connectivity index (χ4n) is 2.83. The summed E-state index contributed by atoms with van der Waals surface area (Å²) in [5, 5.41) is 3.46. The van der Waals surface area contributed by atoms with Crippen molar-refractivity contribution in [2.45, 2.75) is 6.92 Å². The lowest BCUT2D eigenvalue weighted by Gasteiger charge is -2.26. The first-order chi connectivity index (χ1) is 12.2. The van der Waals surface area contributed by atoms with Gasteiger partial charge in [0.15, 0.2) is 0 Å². The predicted molar refractivity (Wildman–Crippen MR) is 93.2 cm³/mol. The molecule has 1 amide bonds. The third-order valence-electron chi connectivity index (χ3n) is 4.09. The quantitative estimate of drug-likeness (QED) is 0.793. The van der Waals surface area contributed by atoms with Crippen LogP contribution >= 0.6 is 0 Å². The summed E-state index contributed by atoms with van der Waals surface area (Å²) in [5.41, 5.74) is 0.104. The van der Waals surface area contributed by atoms with Crippen LogP contribution in [-0.2, 0) is 4.74 Å². The first-order valence-corrected chi connectivity index (χ1v) is 8.46. The number of amides is 1. The summed E-state index contributed by atoms with van der Waals surface area (Å²) < 4.78 is 15.9. The number of hydrogen-bond acceptors (Lipinski definition) is 6. The number of morpholine rings is 1. The maximum absolute atomic E-state index is 12.5. The van der Waals surface area contributed by atoms with E-state index in [2.05, 4.69) is 10.2 Å². The number of hydrogen-bond donors (Lipinski definition) is 1. The first kappa shape index (κ1) is 17.4. The van der Waals surface area contributed by atoms with Crippen molar-refractivity contribution >= 4 is 16.9 Å². The summed E-state index contributed by atoms with van der Waals surface area (Å²) in [5.74, 6) is 0.318. The lowest BCUT2D eigenvalue weighted by atomic mass is 10.1. The summed E-state index contributed by atoms with van der Waals surface area (Å²) in [7, 11) is 0. The Kier molecular flexibility index (Phi) is 5.67. The van der Waals surface area contributed by atoms with E-state index >= 15 is 0 Å². The standard InChI is InChI=1S/C18H22N2O5/c1-2-24-13-3-4-14-15(12-17(21)25-16(14)11-13)18(22)19-5-6-20-7-9-23-10-8-20/h3-4,11-12H,2,5-10H2,1H3,(H,19,22). The zero-order valence-electron chi connectivity index (χ0n) is 14.2. The van der Waals surface area contributed by atoms with Crippen LogP contribution < -0.4 is 15.7 Å². The minimum absolute atomic E-state index is 0.282. The van der Waals surface area contributed by atoms with Gasteiger partial charge < -0.3 is 19.2 Å². The summed E-state index contributed by atoms with van der Waals surface area (Å²) in [4.78, 5) is 26.5. The molecule has 2 heterocycles. The minimum Gasteiger partial charge on any atom is -0.494 e. The molecule has 0 atom stereocenters. The van der Waals surface area contributed by atoms with Crippen LogP contribution in [0.5, 0.6) is 5.75 Å². The third kappa shape index (κ3) is 4.37. The summed E-state index contributed by atoms with van der Waals surface area (Å²) in [6, 6.07) is 6.36. The number of rotatable bonds is 6. The van der Waals surface area contributed by atoms with E-state index in [0.717, 1.165) is 32.8 Å². The Bertz CT molecular complexity index is 796. The molecule has 134 valence electrons. The molecule has 1 aromatic heterocycles. The second kappa shape index (κ2) is 8.13. The van der Waals surface area contributed by atoms with Crippen molar-refractivity contribution in [3.05, 3.63) is 40.2 Å². The second-order valence-corrected chi connectivity index (χ2v) is 5.78. The number of ether oxygens (including phenoxy) is 2. The van der Waals surface area contributed by atoms with Gasteiger partial charge in [0.2, 0.25) is 0 Å². The third-order valence-corrected chi connectivity index (χ3v) is 4.09. The highest BCUT2D eigenvalue weighted by Gasteiger charge is 2.15. The lowest BCUT2D eigenvalue weighted by molar-refractivity contribution is 0.0383. The molecular weight excluding hydrogens is 324 g/mol. The largest absolute Gasteiger partial charge is 0.494 e. The van der Waals surface area contributed by atoms with Crippen LogP contribution in [0, 0.1) is 0 Å². The van der Waals surface area contributed by atoms with E-state index in [1.807, 2.05) is 6.92 Å². The van der Waals surface area contributed by atoms with Crippen LogP contribution in [0.15, 0.2) is 33.5 Å². The van der Waals surface area contributed by atoms with Crippen molar-refractivity contribution in [1.82, 2.24) is 10.2 Å². The molecular formula is C18H22N2O5. The smallest absolute Gasteiger partial charge is 0.337 e. The maximum atomic E-state index is 12.5. The van der Waals surface area contributed by atoms with E-state index in [1.54, 1.807) is 18.2 Å². The van der Waals surface area contributed by atoms with Crippen LogP contribution in [0.25, 0.3) is 11.0 Å². The number of fused-ring (bicyclic) bond motifs is 1. The SMILES string of the molecule is CCOc1ccc2c(C(=O)NCCN3CCOCC3)cc(=O)oc2c1. The van der Waals surface area contributed by atoms with Gasteiger partial charge in [-0.15, -0.1) is 0 Å². The van der Waals surface area contributed by atoms with Gasteiger partial charge in [-0.2, -0.15) is 0 Å². The zero-order chi connectivity index (χ0) is 17.6. The molecule has 1 N–H and O–H groups in total. The highest BCUT2D eigenvalue weighted by atomic mass is 16.5. The summed E-state index contributed by atoms with van der Waals surface area (Å²) in [6.07, 6.45) is 0. The van der Waals surface area contributed by atoms with Crippen LogP contribution in [0.4, 0.5) is 0 Å². The monoisotopic (exact) mass is 346 g/mol. The number of benzene rings is 1. The molecule has 3 rings (SSSR count). The molecule has 7 nitrogen and oxygen atoms in total. The van der Waals surface area contributed by atoms with Gasteiger partial charge in [0, 0.05) is 43.7 Å². The molecule has 0 aliphatic carbocycles. The molecule has 0 unspecified atom stereocenters. The second-order valence-electron chi connectivity index (χ2n) is 5.78. The zero-order valence-corrected chi connectivity index (χ0v) is 14.2. The molecule has 2 aromatic rings. The molecule has 1 fully saturated rings. The molecule has 1 aliphatic rings. The van der Waals surface area contributed by atoms with Crippen molar-refractivity contribution in [2.24, 2.45) is 0 Å². The first-order valence-electron chi connectivity index (χ1n) is 8.46. The van der Waals surface area contributed by atoms with Gasteiger partial charge in [-0.3, -0.25) is 9.69 Å². The molecule has 1 aliphatic heterocycles. The Morgan fingerprint density at radius 3 is 2.84 bits per heavy atom. The van der Waals surface area contributed by atoms with Crippen molar-refractivity contribution in [1.29, 1.82) is 0 Å². The normalized spacial score (nSPS) is 15.2. The lowest BCUT2D eigenvalue weighted by Crippen LogP contribution is -2.41. The Morgan fingerprint density at radius 2 is 2.08 bits per heavy atom. The molecule has 0 radical (unpaired) electrons. The van der Waals surface area contributed by atoms with Crippen LogP contribution in [0.3, 0.4) is 0 Å². The predicted octanol–water partition coefficient (Wildman–Crippen LogP) is 1.25. The fourth-order valence-corrected chi connectivity index (χ4v) is 2.83. The topological polar surface area (TPSA) is 81.0 Å². The van der Waals surface area contributed by atoms with Crippen molar-refractivity contribution in [2.75, 3.05) is 46.0 Å². The van der Waals surface area contributed by atoms with E-state index in [-0.39, 0.29) is 5.91 Å². The van der Waals surface area contributed by atoms with E-state index in [9.17, 15) is 9.59 Å². The Morgan fingerprint density at radius 1 is 1.28 bits per heavy atom. The number of carbonyl (C=O) groups is 1. The number of nitrogens with one attached hydrogen (secondary N) is 1. The van der Waals surface area contributed by atoms with Crippen LogP contribution in [0.1, 0.15) is 17.3 Å². The van der Waals surface area contributed by atoms with Gasteiger partial charge in [0.05, 0.1) is 25.4 Å². The average molecular weight is 346 g/mol. The van der Waals surface area contributed by atoms with Gasteiger partial charge in [-0.05, 0) is 19.1 Å². The van der Waals surface area contributed by atoms with Crippen molar-refractivity contribution in [3.63, 3.8) is 0 Å². The fraction of sp³-hybridized carbons (Fsp3) is 0.444. The number of nitrogens with zero attached hydrogens (tertiary/aromatic N) is 1.